The van der Waals surface area contributed by atoms with Gasteiger partial charge in [-0.25, -0.2) is 4.98 Å². The van der Waals surface area contributed by atoms with E-state index in [1.54, 1.807) is 19.2 Å². The number of fused-ring (bicyclic) bond motifs is 3. The minimum Gasteiger partial charge on any atom is -0.393 e. The van der Waals surface area contributed by atoms with Crippen molar-refractivity contribution < 1.29 is 9.59 Å². The fraction of sp³-hybridized carbons (Fsp3) is 0.375. The van der Waals surface area contributed by atoms with E-state index in [4.69, 9.17) is 16.6 Å². The molecule has 1 unspecified atom stereocenters. The third kappa shape index (κ3) is 5.60. The Balaban J connectivity index is 1.29. The van der Waals surface area contributed by atoms with Crippen LogP contribution in [0.25, 0.3) is 11.1 Å². The second-order valence-corrected chi connectivity index (χ2v) is 11.7. The van der Waals surface area contributed by atoms with E-state index in [-0.39, 0.29) is 29.7 Å². The molecule has 2 fully saturated rings. The zero-order chi connectivity index (χ0) is 31.0. The number of amides is 1. The first-order valence-electron chi connectivity index (χ1n) is 15.1. The standard InChI is InChI=1S/C32H40N10O2/c1-4-27-31-24(14-36-42(31)22-16-41(17-22)15-20-7-5-8-21(18-43)37-20)23-9-6-10-25(30(23)40(27)3)39-26(13-28(33)35-2)29(34)32(44)38-19-11-12-19/h5-10,13-14,18-19,22,27,35,39H,4,11-12,15-17,33-34H2,1-3H3,(H,38,44)/b28-13+,29-26+. The van der Waals surface area contributed by atoms with Crippen LogP contribution in [-0.2, 0) is 11.3 Å². The molecule has 1 aromatic carbocycles. The highest BCUT2D eigenvalue weighted by molar-refractivity contribution is 5.96. The third-order valence-electron chi connectivity index (χ3n) is 8.61. The van der Waals surface area contributed by atoms with Crippen molar-refractivity contribution in [1.82, 2.24) is 30.3 Å². The molecule has 3 aliphatic rings. The molecular formula is C32H40N10O2. The van der Waals surface area contributed by atoms with Crippen molar-refractivity contribution in [3.8, 4) is 11.1 Å². The van der Waals surface area contributed by atoms with E-state index >= 15 is 0 Å². The molecule has 1 saturated heterocycles. The van der Waals surface area contributed by atoms with Gasteiger partial charge in [-0.15, -0.1) is 0 Å². The number of para-hydroxylation sites is 1. The molecule has 0 bridgehead atoms. The van der Waals surface area contributed by atoms with Crippen LogP contribution in [0, 0.1) is 0 Å². The maximum Gasteiger partial charge on any atom is 0.269 e. The Morgan fingerprint density at radius 3 is 2.59 bits per heavy atom. The van der Waals surface area contributed by atoms with Gasteiger partial charge in [-0.3, -0.25) is 19.2 Å². The zero-order valence-electron chi connectivity index (χ0n) is 25.4. The van der Waals surface area contributed by atoms with E-state index in [0.717, 1.165) is 66.8 Å². The second kappa shape index (κ2) is 12.0. The topological polar surface area (TPSA) is 159 Å². The molecular weight excluding hydrogens is 556 g/mol. The normalized spacial score (nSPS) is 18.9. The van der Waals surface area contributed by atoms with Gasteiger partial charge in [0.1, 0.15) is 11.4 Å². The molecule has 230 valence electrons. The summed E-state index contributed by atoms with van der Waals surface area (Å²) in [5.41, 5.74) is 19.5. The van der Waals surface area contributed by atoms with Gasteiger partial charge < -0.3 is 32.3 Å². The molecule has 4 heterocycles. The smallest absolute Gasteiger partial charge is 0.269 e. The van der Waals surface area contributed by atoms with E-state index in [9.17, 15) is 9.59 Å². The van der Waals surface area contributed by atoms with Crippen LogP contribution in [0.4, 0.5) is 11.4 Å². The lowest BCUT2D eigenvalue weighted by molar-refractivity contribution is -0.117. The highest BCUT2D eigenvalue weighted by atomic mass is 16.2. The van der Waals surface area contributed by atoms with Gasteiger partial charge in [0.25, 0.3) is 5.91 Å². The number of rotatable bonds is 11. The van der Waals surface area contributed by atoms with Gasteiger partial charge in [0.15, 0.2) is 6.29 Å². The molecule has 0 radical (unpaired) electrons. The predicted molar refractivity (Wildman–Crippen MR) is 170 cm³/mol. The molecule has 12 nitrogen and oxygen atoms in total. The van der Waals surface area contributed by atoms with Crippen molar-refractivity contribution in [3.05, 3.63) is 83.0 Å². The number of hydrogen-bond acceptors (Lipinski definition) is 10. The summed E-state index contributed by atoms with van der Waals surface area (Å²) < 4.78 is 2.19. The number of aromatic nitrogens is 3. The summed E-state index contributed by atoms with van der Waals surface area (Å²) in [7, 11) is 3.82. The van der Waals surface area contributed by atoms with E-state index in [2.05, 4.69) is 55.5 Å². The van der Waals surface area contributed by atoms with Crippen LogP contribution in [-0.4, -0.2) is 65.1 Å². The van der Waals surface area contributed by atoms with Crippen LogP contribution >= 0.6 is 0 Å². The van der Waals surface area contributed by atoms with Crippen molar-refractivity contribution in [3.63, 3.8) is 0 Å². The van der Waals surface area contributed by atoms with E-state index in [1.807, 2.05) is 30.5 Å². The summed E-state index contributed by atoms with van der Waals surface area (Å²) in [6.07, 6.45) is 7.21. The Hall–Kier alpha value is -4.84. The van der Waals surface area contributed by atoms with Crippen LogP contribution in [0.15, 0.2) is 65.9 Å². The van der Waals surface area contributed by atoms with Crippen LogP contribution < -0.4 is 32.3 Å². The zero-order valence-corrected chi connectivity index (χ0v) is 25.4. The number of carbonyl (C=O) groups is 2. The number of likely N-dealkylation sites (tertiary alicyclic amines) is 1. The number of nitrogens with one attached hydrogen (secondary N) is 3. The minimum atomic E-state index is -0.315. The van der Waals surface area contributed by atoms with Gasteiger partial charge in [-0.05, 0) is 37.5 Å². The van der Waals surface area contributed by atoms with Crippen molar-refractivity contribution in [1.29, 1.82) is 0 Å². The molecule has 3 aromatic rings. The first kappa shape index (κ1) is 29.2. The Kier molecular flexibility index (Phi) is 8.00. The highest BCUT2D eigenvalue weighted by Crippen LogP contribution is 2.49. The summed E-state index contributed by atoms with van der Waals surface area (Å²) in [5.74, 6) is 0.0645. The largest absolute Gasteiger partial charge is 0.393 e. The molecule has 0 spiro atoms. The number of aldehydes is 1. The molecule has 6 rings (SSSR count). The lowest BCUT2D eigenvalue weighted by Crippen LogP contribution is -2.48. The van der Waals surface area contributed by atoms with Gasteiger partial charge in [-0.2, -0.15) is 5.10 Å². The molecule has 12 heteroatoms. The highest BCUT2D eigenvalue weighted by Gasteiger charge is 2.38. The van der Waals surface area contributed by atoms with Crippen molar-refractivity contribution in [2.45, 2.75) is 50.9 Å². The number of allylic oxidation sites excluding steroid dienone is 1. The van der Waals surface area contributed by atoms with Crippen molar-refractivity contribution in [2.24, 2.45) is 11.5 Å². The molecule has 1 amide bonds. The van der Waals surface area contributed by atoms with Gasteiger partial charge in [-0.1, -0.05) is 25.1 Å². The number of hydrogen-bond donors (Lipinski definition) is 5. The van der Waals surface area contributed by atoms with Gasteiger partial charge >= 0.3 is 0 Å². The summed E-state index contributed by atoms with van der Waals surface area (Å²) in [6.45, 7) is 4.58. The molecule has 2 aromatic heterocycles. The quantitative estimate of drug-likeness (QED) is 0.127. The van der Waals surface area contributed by atoms with Gasteiger partial charge in [0.2, 0.25) is 0 Å². The lowest BCUT2D eigenvalue weighted by atomic mass is 9.91. The SMILES string of the molecule is CCC1c2c(cnn2C2CN(Cc3cccc(C=O)n3)C2)-c2cccc(NC(/C=C(\N)NC)=C(/N)C(=O)NC3CC3)c2N1C. The Morgan fingerprint density at radius 2 is 1.89 bits per heavy atom. The summed E-state index contributed by atoms with van der Waals surface area (Å²) in [6, 6.07) is 12.2. The van der Waals surface area contributed by atoms with Crippen molar-refractivity contribution in [2.75, 3.05) is 37.4 Å². The van der Waals surface area contributed by atoms with Gasteiger partial charge in [0.05, 0.1) is 52.6 Å². The fourth-order valence-corrected chi connectivity index (χ4v) is 6.12. The number of anilines is 2. The van der Waals surface area contributed by atoms with E-state index < -0.39 is 0 Å². The number of pyridine rings is 1. The minimum absolute atomic E-state index is 0.0781. The number of nitrogens with zero attached hydrogens (tertiary/aromatic N) is 5. The van der Waals surface area contributed by atoms with Gasteiger partial charge in [0, 0.05) is 57.0 Å². The third-order valence-corrected chi connectivity index (χ3v) is 8.61. The average Bonchev–Trinajstić information content (AvgIpc) is 3.73. The summed E-state index contributed by atoms with van der Waals surface area (Å²) >= 11 is 0. The Morgan fingerprint density at radius 1 is 1.11 bits per heavy atom. The van der Waals surface area contributed by atoms with Crippen LogP contribution in [0.5, 0.6) is 0 Å². The Labute approximate surface area is 257 Å². The maximum absolute atomic E-state index is 12.9. The van der Waals surface area contributed by atoms with E-state index in [0.29, 0.717) is 23.8 Å². The van der Waals surface area contributed by atoms with Crippen molar-refractivity contribution >= 4 is 23.6 Å². The maximum atomic E-state index is 12.9. The first-order chi connectivity index (χ1) is 21.3. The second-order valence-electron chi connectivity index (χ2n) is 11.7. The summed E-state index contributed by atoms with van der Waals surface area (Å²) in [4.78, 5) is 33.1. The monoisotopic (exact) mass is 596 g/mol. The van der Waals surface area contributed by atoms with Crippen LogP contribution in [0.1, 0.15) is 60.1 Å². The first-order valence-corrected chi connectivity index (χ1v) is 15.1. The van der Waals surface area contributed by atoms with Crippen LogP contribution in [0.3, 0.4) is 0 Å². The predicted octanol–water partition coefficient (Wildman–Crippen LogP) is 2.60. The average molecular weight is 597 g/mol. The molecule has 1 atom stereocenters. The molecule has 7 N–H and O–H groups in total. The molecule has 1 aliphatic carbocycles. The summed E-state index contributed by atoms with van der Waals surface area (Å²) in [5, 5.41) is 14.2. The molecule has 44 heavy (non-hydrogen) atoms. The molecule has 2 aliphatic heterocycles. The number of benzene rings is 1. The number of nitrogens with two attached hydrogens (primary N) is 2. The lowest BCUT2D eigenvalue weighted by Gasteiger charge is -2.43. The fourth-order valence-electron chi connectivity index (χ4n) is 6.12. The number of carbonyl (C=O) groups excluding carboxylic acids is 2. The molecule has 1 saturated carbocycles. The van der Waals surface area contributed by atoms with E-state index in [1.165, 1.54) is 5.69 Å². The van der Waals surface area contributed by atoms with Crippen LogP contribution in [0.2, 0.25) is 0 Å². The Bertz CT molecular complexity index is 1630.